The molecule has 0 aliphatic heterocycles. The van der Waals surface area contributed by atoms with Crippen LogP contribution in [0.25, 0.3) is 0 Å². The van der Waals surface area contributed by atoms with Crippen LogP contribution < -0.4 is 0 Å². The van der Waals surface area contributed by atoms with Gasteiger partial charge in [0.05, 0.1) is 15.6 Å². The number of aryl methyl sites for hydroxylation is 1. The van der Waals surface area contributed by atoms with Crippen LogP contribution in [-0.4, -0.2) is 11.1 Å². The topological polar surface area (TPSA) is 37.3 Å². The van der Waals surface area contributed by atoms with E-state index in [-0.39, 0.29) is 11.3 Å². The maximum Gasteiger partial charge on any atom is 0.303 e. The summed E-state index contributed by atoms with van der Waals surface area (Å²) < 4.78 is 29.3. The first-order chi connectivity index (χ1) is 9.24. The number of carboxylic acids is 1. The Hall–Kier alpha value is -0.680. The summed E-state index contributed by atoms with van der Waals surface area (Å²) >= 11 is 6.75. The molecule has 0 atom stereocenters. The molecule has 0 saturated heterocycles. The van der Waals surface area contributed by atoms with E-state index in [9.17, 15) is 13.6 Å². The zero-order valence-electron chi connectivity index (χ0n) is 11.2. The van der Waals surface area contributed by atoms with Gasteiger partial charge in [0.2, 0.25) is 0 Å². The summed E-state index contributed by atoms with van der Waals surface area (Å²) in [6, 6.07) is 1.41. The lowest BCUT2D eigenvalue weighted by Gasteiger charge is -2.31. The van der Waals surface area contributed by atoms with Crippen molar-refractivity contribution in [2.24, 2.45) is 5.41 Å². The first-order valence-electron chi connectivity index (χ1n) is 6.60. The Morgan fingerprint density at radius 1 is 1.50 bits per heavy atom. The van der Waals surface area contributed by atoms with Gasteiger partial charge >= 0.3 is 5.97 Å². The average molecular weight is 323 g/mol. The zero-order valence-corrected chi connectivity index (χ0v) is 12.8. The molecule has 0 spiro atoms. The lowest BCUT2D eigenvalue weighted by atomic mass is 9.77. The summed E-state index contributed by atoms with van der Waals surface area (Å²) in [5.41, 5.74) is -0.135. The van der Waals surface area contributed by atoms with Crippen LogP contribution in [0.15, 0.2) is 6.07 Å². The summed E-state index contributed by atoms with van der Waals surface area (Å²) in [6.07, 6.45) is 2.20. The Bertz CT molecular complexity index is 488. The van der Waals surface area contributed by atoms with E-state index >= 15 is 0 Å². The second-order valence-corrected chi connectivity index (χ2v) is 7.38. The highest BCUT2D eigenvalue weighted by atomic mass is 35.5. The number of rotatable bonds is 5. The second kappa shape index (κ2) is 5.60. The monoisotopic (exact) mass is 322 g/mol. The summed E-state index contributed by atoms with van der Waals surface area (Å²) in [5, 5.41) is 8.99. The van der Waals surface area contributed by atoms with Crippen molar-refractivity contribution >= 4 is 28.9 Å². The number of aliphatic carboxylic acids is 1. The molecule has 1 aromatic rings. The molecule has 0 bridgehead atoms. The van der Waals surface area contributed by atoms with Crippen LogP contribution in [-0.2, 0) is 10.7 Å². The van der Waals surface area contributed by atoms with Crippen molar-refractivity contribution in [1.29, 1.82) is 0 Å². The van der Waals surface area contributed by atoms with Gasteiger partial charge in [-0.25, -0.2) is 8.78 Å². The Labute approximate surface area is 125 Å². The molecular weight excluding hydrogens is 306 g/mol. The van der Waals surface area contributed by atoms with E-state index < -0.39 is 23.7 Å². The lowest BCUT2D eigenvalue weighted by Crippen LogP contribution is -2.29. The predicted molar refractivity (Wildman–Crippen MR) is 75.7 cm³/mol. The van der Waals surface area contributed by atoms with Gasteiger partial charge in [-0.05, 0) is 36.8 Å². The van der Waals surface area contributed by atoms with E-state index in [1.54, 1.807) is 6.92 Å². The minimum atomic E-state index is -3.01. The Morgan fingerprint density at radius 2 is 2.10 bits per heavy atom. The minimum Gasteiger partial charge on any atom is -0.481 e. The SMILES string of the molecule is Cc1cc(C(F)(F)CC2(CC(=O)O)CCCC2)sc1Cl. The highest BCUT2D eigenvalue weighted by molar-refractivity contribution is 7.16. The Kier molecular flexibility index (Phi) is 4.40. The highest BCUT2D eigenvalue weighted by Crippen LogP contribution is 2.52. The third-order valence-corrected chi connectivity index (χ3v) is 5.67. The van der Waals surface area contributed by atoms with Crippen LogP contribution in [0.1, 0.15) is 49.0 Å². The first kappa shape index (κ1) is 15.7. The molecule has 0 unspecified atom stereocenters. The molecule has 112 valence electrons. The Balaban J connectivity index is 2.22. The van der Waals surface area contributed by atoms with Crippen molar-refractivity contribution in [2.45, 2.75) is 51.4 Å². The largest absolute Gasteiger partial charge is 0.481 e. The van der Waals surface area contributed by atoms with E-state index in [1.165, 1.54) is 6.07 Å². The molecule has 0 aromatic carbocycles. The smallest absolute Gasteiger partial charge is 0.303 e. The van der Waals surface area contributed by atoms with Crippen molar-refractivity contribution in [2.75, 3.05) is 0 Å². The van der Waals surface area contributed by atoms with E-state index in [0.29, 0.717) is 22.7 Å². The molecule has 1 aliphatic carbocycles. The minimum absolute atomic E-state index is 0.0586. The molecule has 1 aromatic heterocycles. The third kappa shape index (κ3) is 3.31. The van der Waals surface area contributed by atoms with Crippen LogP contribution in [0.3, 0.4) is 0 Å². The number of hydrogen-bond donors (Lipinski definition) is 1. The summed E-state index contributed by atoms with van der Waals surface area (Å²) in [5.74, 6) is -4.01. The number of alkyl halides is 2. The predicted octanol–water partition coefficient (Wildman–Crippen LogP) is 5.23. The molecule has 1 aliphatic rings. The summed E-state index contributed by atoms with van der Waals surface area (Å²) in [6.45, 7) is 1.70. The zero-order chi connectivity index (χ0) is 15.0. The number of carbonyl (C=O) groups is 1. The lowest BCUT2D eigenvalue weighted by molar-refractivity contribution is -0.141. The van der Waals surface area contributed by atoms with Gasteiger partial charge in [-0.2, -0.15) is 0 Å². The van der Waals surface area contributed by atoms with Gasteiger partial charge in [0.15, 0.2) is 0 Å². The molecule has 0 radical (unpaired) electrons. The van der Waals surface area contributed by atoms with Crippen LogP contribution in [0.5, 0.6) is 0 Å². The van der Waals surface area contributed by atoms with Crippen LogP contribution >= 0.6 is 22.9 Å². The van der Waals surface area contributed by atoms with Crippen LogP contribution in [0.4, 0.5) is 8.78 Å². The van der Waals surface area contributed by atoms with Gasteiger partial charge in [-0.15, -0.1) is 11.3 Å². The number of halogens is 3. The van der Waals surface area contributed by atoms with Crippen molar-refractivity contribution in [3.63, 3.8) is 0 Å². The van der Waals surface area contributed by atoms with Gasteiger partial charge in [0.25, 0.3) is 5.92 Å². The van der Waals surface area contributed by atoms with Crippen molar-refractivity contribution in [3.05, 3.63) is 20.8 Å². The van der Waals surface area contributed by atoms with Crippen LogP contribution in [0, 0.1) is 12.3 Å². The normalized spacial score (nSPS) is 18.4. The quantitative estimate of drug-likeness (QED) is 0.806. The molecule has 1 fully saturated rings. The van der Waals surface area contributed by atoms with Crippen molar-refractivity contribution in [3.8, 4) is 0 Å². The first-order valence-corrected chi connectivity index (χ1v) is 7.80. The number of hydrogen-bond acceptors (Lipinski definition) is 2. The van der Waals surface area contributed by atoms with Gasteiger partial charge < -0.3 is 5.11 Å². The molecule has 20 heavy (non-hydrogen) atoms. The molecule has 2 rings (SSSR count). The number of carboxylic acid groups (broad SMARTS) is 1. The van der Waals surface area contributed by atoms with Crippen molar-refractivity contribution in [1.82, 2.24) is 0 Å². The summed E-state index contributed by atoms with van der Waals surface area (Å²) in [4.78, 5) is 10.9. The molecule has 2 nitrogen and oxygen atoms in total. The van der Waals surface area contributed by atoms with Gasteiger partial charge in [0.1, 0.15) is 0 Å². The standard InChI is InChI=1S/C14H17ClF2O2S/c1-9-6-10(20-12(9)15)14(16,17)8-13(7-11(18)19)4-2-3-5-13/h6H,2-5,7-8H2,1H3,(H,18,19). The van der Waals surface area contributed by atoms with E-state index in [0.717, 1.165) is 24.2 Å². The van der Waals surface area contributed by atoms with Crippen molar-refractivity contribution < 1.29 is 18.7 Å². The number of thiophene rings is 1. The van der Waals surface area contributed by atoms with Crippen LogP contribution in [0.2, 0.25) is 4.34 Å². The fourth-order valence-electron chi connectivity index (χ4n) is 3.06. The van der Waals surface area contributed by atoms with Gasteiger partial charge in [0, 0.05) is 6.42 Å². The summed E-state index contributed by atoms with van der Waals surface area (Å²) in [7, 11) is 0. The van der Waals surface area contributed by atoms with E-state index in [1.807, 2.05) is 0 Å². The second-order valence-electron chi connectivity index (χ2n) is 5.73. The third-order valence-electron chi connectivity index (χ3n) is 4.01. The fourth-order valence-corrected chi connectivity index (χ4v) is 4.23. The fraction of sp³-hybridized carbons (Fsp3) is 0.643. The molecule has 6 heteroatoms. The van der Waals surface area contributed by atoms with Gasteiger partial charge in [-0.1, -0.05) is 24.4 Å². The molecular formula is C14H17ClF2O2S. The molecule has 1 heterocycles. The Morgan fingerprint density at radius 3 is 2.55 bits per heavy atom. The molecule has 1 saturated carbocycles. The van der Waals surface area contributed by atoms with E-state index in [2.05, 4.69) is 0 Å². The van der Waals surface area contributed by atoms with Gasteiger partial charge in [-0.3, -0.25) is 4.79 Å². The maximum atomic E-state index is 14.5. The average Bonchev–Trinajstić information content (AvgIpc) is 2.86. The molecule has 0 amide bonds. The maximum absolute atomic E-state index is 14.5. The molecule has 1 N–H and O–H groups in total. The van der Waals surface area contributed by atoms with E-state index in [4.69, 9.17) is 16.7 Å². The highest BCUT2D eigenvalue weighted by Gasteiger charge is 2.46.